The van der Waals surface area contributed by atoms with E-state index >= 15 is 0 Å². The normalized spacial score (nSPS) is 10.9. The Morgan fingerprint density at radius 2 is 1.17 bits per heavy atom. The molecule has 174 valence electrons. The van der Waals surface area contributed by atoms with Gasteiger partial charge in [-0.15, -0.1) is 0 Å². The third kappa shape index (κ3) is 14.7. The van der Waals surface area contributed by atoms with Crippen LogP contribution in [0.5, 0.6) is 17.2 Å². The number of methoxy groups -OCH3 is 1. The molecule has 0 spiro atoms. The van der Waals surface area contributed by atoms with Crippen LogP contribution in [0.3, 0.4) is 0 Å². The zero-order valence-electron chi connectivity index (χ0n) is 17.9. The number of ether oxygens (including phenoxy) is 3. The van der Waals surface area contributed by atoms with E-state index in [-0.39, 0.29) is 0 Å². The molecule has 0 atom stereocenters. The Morgan fingerprint density at radius 3 is 1.70 bits per heavy atom. The number of para-hydroxylation sites is 1. The van der Waals surface area contributed by atoms with Crippen molar-refractivity contribution in [2.24, 2.45) is 0 Å². The summed E-state index contributed by atoms with van der Waals surface area (Å²) in [6.07, 6.45) is 2.04. The maximum absolute atomic E-state index is 6.04. The van der Waals surface area contributed by atoms with Crippen LogP contribution in [0.15, 0.2) is 18.2 Å². The predicted molar refractivity (Wildman–Crippen MR) is 150 cm³/mol. The Labute approximate surface area is 211 Å². The lowest BCUT2D eigenvalue weighted by Gasteiger charge is -2.15. The van der Waals surface area contributed by atoms with Gasteiger partial charge < -0.3 is 14.2 Å². The molecule has 0 fully saturated rings. The van der Waals surface area contributed by atoms with Crippen LogP contribution in [0.4, 0.5) is 0 Å². The molecule has 0 aliphatic heterocycles. The van der Waals surface area contributed by atoms with E-state index in [1.165, 1.54) is 23.0 Å². The molecule has 0 aliphatic carbocycles. The second-order valence-electron chi connectivity index (χ2n) is 6.09. The van der Waals surface area contributed by atoms with Gasteiger partial charge in [-0.25, -0.2) is 0 Å². The van der Waals surface area contributed by atoms with Crippen molar-refractivity contribution in [2.45, 2.75) is 12.8 Å². The van der Waals surface area contributed by atoms with Crippen molar-refractivity contribution in [1.29, 1.82) is 0 Å². The zero-order chi connectivity index (χ0) is 21.7. The van der Waals surface area contributed by atoms with Crippen LogP contribution in [0.2, 0.25) is 0 Å². The SMILES string of the molecule is COc1cccc(OCCCSCCSCCS)c1OCCCSCCSCCS. The van der Waals surface area contributed by atoms with Crippen molar-refractivity contribution in [2.75, 3.05) is 77.9 Å². The third-order valence-electron chi connectivity index (χ3n) is 3.75. The standard InChI is InChI=1S/C21H36O3S6/c1-22-19-5-2-6-20(23-7-3-11-27-15-17-29-13-9-25)21(19)24-8-4-12-28-16-18-30-14-10-26/h2,5-6,25-26H,3-4,7-18H2,1H3. The molecule has 0 aromatic heterocycles. The number of thiol groups is 2. The summed E-state index contributed by atoms with van der Waals surface area (Å²) in [5.74, 6) is 13.4. The Bertz CT molecular complexity index is 522. The Hall–Kier alpha value is 0.720. The van der Waals surface area contributed by atoms with Gasteiger partial charge in [0.1, 0.15) is 0 Å². The van der Waals surface area contributed by atoms with Gasteiger partial charge in [0.15, 0.2) is 11.5 Å². The number of hydrogen-bond acceptors (Lipinski definition) is 9. The van der Waals surface area contributed by atoms with Crippen molar-refractivity contribution < 1.29 is 14.2 Å². The van der Waals surface area contributed by atoms with Crippen LogP contribution in [-0.2, 0) is 0 Å². The number of benzene rings is 1. The van der Waals surface area contributed by atoms with Gasteiger partial charge >= 0.3 is 0 Å². The summed E-state index contributed by atoms with van der Waals surface area (Å²) in [6, 6.07) is 5.84. The fraction of sp³-hybridized carbons (Fsp3) is 0.714. The summed E-state index contributed by atoms with van der Waals surface area (Å²) in [4.78, 5) is 0. The highest BCUT2D eigenvalue weighted by Crippen LogP contribution is 2.37. The van der Waals surface area contributed by atoms with Gasteiger partial charge in [-0.1, -0.05) is 6.07 Å². The highest BCUT2D eigenvalue weighted by atomic mass is 32.2. The quantitative estimate of drug-likeness (QED) is 0.149. The lowest BCUT2D eigenvalue weighted by molar-refractivity contribution is 0.256. The molecule has 1 aromatic rings. The van der Waals surface area contributed by atoms with Crippen molar-refractivity contribution in [3.63, 3.8) is 0 Å². The molecule has 1 rings (SSSR count). The maximum atomic E-state index is 6.04. The van der Waals surface area contributed by atoms with Crippen LogP contribution in [0.1, 0.15) is 12.8 Å². The molecule has 0 radical (unpaired) electrons. The number of thioether (sulfide) groups is 4. The van der Waals surface area contributed by atoms with Crippen LogP contribution in [-0.4, -0.2) is 77.9 Å². The molecule has 1 aromatic carbocycles. The van der Waals surface area contributed by atoms with E-state index in [0.29, 0.717) is 13.2 Å². The first-order valence-corrected chi connectivity index (χ1v) is 16.2. The van der Waals surface area contributed by atoms with Crippen LogP contribution < -0.4 is 14.2 Å². The molecule has 0 heterocycles. The summed E-state index contributed by atoms with van der Waals surface area (Å²) in [6.45, 7) is 1.37. The topological polar surface area (TPSA) is 27.7 Å². The predicted octanol–water partition coefficient (Wildman–Crippen LogP) is 6.03. The fourth-order valence-electron chi connectivity index (χ4n) is 2.36. The van der Waals surface area contributed by atoms with Crippen molar-refractivity contribution in [3.05, 3.63) is 18.2 Å². The third-order valence-corrected chi connectivity index (χ3v) is 9.43. The average molecular weight is 529 g/mol. The molecule has 0 N–H and O–H groups in total. The second kappa shape index (κ2) is 21.6. The monoisotopic (exact) mass is 528 g/mol. The van der Waals surface area contributed by atoms with E-state index in [1.54, 1.807) is 7.11 Å². The van der Waals surface area contributed by atoms with Crippen LogP contribution >= 0.6 is 72.3 Å². The van der Waals surface area contributed by atoms with Crippen LogP contribution in [0.25, 0.3) is 0 Å². The second-order valence-corrected chi connectivity index (χ2v) is 11.9. The zero-order valence-corrected chi connectivity index (χ0v) is 22.9. The van der Waals surface area contributed by atoms with E-state index in [4.69, 9.17) is 14.2 Å². The molecule has 0 aliphatic rings. The summed E-state index contributed by atoms with van der Waals surface area (Å²) < 4.78 is 17.5. The minimum absolute atomic E-state index is 0.674. The minimum atomic E-state index is 0.674. The summed E-state index contributed by atoms with van der Waals surface area (Å²) >= 11 is 16.4. The summed E-state index contributed by atoms with van der Waals surface area (Å²) in [7, 11) is 1.67. The van der Waals surface area contributed by atoms with Gasteiger partial charge in [0.25, 0.3) is 0 Å². The number of hydrogen-bond donors (Lipinski definition) is 2. The van der Waals surface area contributed by atoms with Gasteiger partial charge in [-0.2, -0.15) is 72.3 Å². The molecule has 0 saturated heterocycles. The first-order valence-electron chi connectivity index (χ1n) is 10.3. The van der Waals surface area contributed by atoms with E-state index in [9.17, 15) is 0 Å². The lowest BCUT2D eigenvalue weighted by Crippen LogP contribution is -2.05. The van der Waals surface area contributed by atoms with E-state index in [0.717, 1.165) is 64.6 Å². The first-order chi connectivity index (χ1) is 14.8. The molecular formula is C21H36O3S6. The first kappa shape index (κ1) is 28.8. The largest absolute Gasteiger partial charge is 0.493 e. The van der Waals surface area contributed by atoms with Crippen molar-refractivity contribution >= 4 is 72.3 Å². The van der Waals surface area contributed by atoms with Crippen molar-refractivity contribution in [1.82, 2.24) is 0 Å². The molecular weight excluding hydrogens is 493 g/mol. The van der Waals surface area contributed by atoms with Gasteiger partial charge in [-0.3, -0.25) is 0 Å². The highest BCUT2D eigenvalue weighted by Gasteiger charge is 2.12. The molecule has 0 amide bonds. The molecule has 0 saturated carbocycles. The highest BCUT2D eigenvalue weighted by molar-refractivity contribution is 8.03. The van der Waals surface area contributed by atoms with Gasteiger partial charge in [-0.05, 0) is 48.0 Å². The van der Waals surface area contributed by atoms with E-state index in [1.807, 2.05) is 65.2 Å². The molecule has 30 heavy (non-hydrogen) atoms. The molecule has 3 nitrogen and oxygen atoms in total. The average Bonchev–Trinajstić information content (AvgIpc) is 2.77. The Kier molecular flexibility index (Phi) is 20.7. The van der Waals surface area contributed by atoms with E-state index in [2.05, 4.69) is 25.3 Å². The molecule has 0 bridgehead atoms. The summed E-state index contributed by atoms with van der Waals surface area (Å²) in [5, 5.41) is 0. The Morgan fingerprint density at radius 1 is 0.667 bits per heavy atom. The lowest BCUT2D eigenvalue weighted by atomic mass is 10.3. The molecule has 9 heteroatoms. The van der Waals surface area contributed by atoms with Crippen LogP contribution in [0, 0.1) is 0 Å². The number of rotatable bonds is 21. The van der Waals surface area contributed by atoms with Gasteiger partial charge in [0, 0.05) is 34.5 Å². The summed E-state index contributed by atoms with van der Waals surface area (Å²) in [5.41, 5.74) is 0. The van der Waals surface area contributed by atoms with E-state index < -0.39 is 0 Å². The minimum Gasteiger partial charge on any atom is -0.493 e. The molecule has 0 unspecified atom stereocenters. The fourth-order valence-corrected chi connectivity index (χ4v) is 6.74. The maximum Gasteiger partial charge on any atom is 0.203 e. The van der Waals surface area contributed by atoms with Crippen molar-refractivity contribution in [3.8, 4) is 17.2 Å². The van der Waals surface area contributed by atoms with Gasteiger partial charge in [0.05, 0.1) is 20.3 Å². The van der Waals surface area contributed by atoms with Gasteiger partial charge in [0.2, 0.25) is 5.75 Å². The Balaban J connectivity index is 2.24. The smallest absolute Gasteiger partial charge is 0.203 e.